The standard InChI is InChI=1S/C22H25NO3/c1-15-12-20(15)19-8-6-17(14-21(19)25-2)7-9-22(24)26-11-10-16-4-3-5-18(23)13-16/h3-9,13-15,20H,10-12,23H2,1-2H3/b9-7+. The van der Waals surface area contributed by atoms with Crippen molar-refractivity contribution in [2.24, 2.45) is 5.92 Å². The molecule has 0 spiro atoms. The Bertz CT molecular complexity index is 813. The number of carbonyl (C=O) groups excluding carboxylic acids is 1. The fourth-order valence-corrected chi connectivity index (χ4v) is 3.12. The summed E-state index contributed by atoms with van der Waals surface area (Å²) in [6.45, 7) is 2.58. The topological polar surface area (TPSA) is 61.5 Å². The summed E-state index contributed by atoms with van der Waals surface area (Å²) >= 11 is 0. The Hall–Kier alpha value is -2.75. The summed E-state index contributed by atoms with van der Waals surface area (Å²) in [5.74, 6) is 1.85. The molecule has 2 aromatic rings. The highest BCUT2D eigenvalue weighted by Gasteiger charge is 2.35. The summed E-state index contributed by atoms with van der Waals surface area (Å²) in [7, 11) is 1.68. The predicted molar refractivity (Wildman–Crippen MR) is 104 cm³/mol. The number of methoxy groups -OCH3 is 1. The van der Waals surface area contributed by atoms with E-state index in [-0.39, 0.29) is 5.97 Å². The predicted octanol–water partition coefficient (Wildman–Crippen LogP) is 4.20. The molecule has 2 atom stereocenters. The molecule has 0 aromatic heterocycles. The summed E-state index contributed by atoms with van der Waals surface area (Å²) in [6.07, 6.45) is 5.07. The van der Waals surface area contributed by atoms with Crippen LogP contribution in [0.5, 0.6) is 5.75 Å². The highest BCUT2D eigenvalue weighted by Crippen LogP contribution is 2.50. The molecular weight excluding hydrogens is 326 g/mol. The second kappa shape index (κ2) is 8.09. The van der Waals surface area contributed by atoms with Gasteiger partial charge in [0.1, 0.15) is 5.75 Å². The zero-order chi connectivity index (χ0) is 18.5. The fourth-order valence-electron chi connectivity index (χ4n) is 3.12. The van der Waals surface area contributed by atoms with Crippen molar-refractivity contribution in [3.63, 3.8) is 0 Å². The van der Waals surface area contributed by atoms with Gasteiger partial charge < -0.3 is 15.2 Å². The molecule has 3 rings (SSSR count). The van der Waals surface area contributed by atoms with Gasteiger partial charge in [-0.1, -0.05) is 31.2 Å². The zero-order valence-corrected chi connectivity index (χ0v) is 15.3. The van der Waals surface area contributed by atoms with Crippen LogP contribution in [0.1, 0.15) is 36.0 Å². The van der Waals surface area contributed by atoms with Gasteiger partial charge in [0.2, 0.25) is 0 Å². The second-order valence-corrected chi connectivity index (χ2v) is 6.82. The summed E-state index contributed by atoms with van der Waals surface area (Å²) in [4.78, 5) is 11.9. The van der Waals surface area contributed by atoms with Crippen molar-refractivity contribution < 1.29 is 14.3 Å². The minimum atomic E-state index is -0.354. The lowest BCUT2D eigenvalue weighted by Gasteiger charge is -2.09. The summed E-state index contributed by atoms with van der Waals surface area (Å²) in [5, 5.41) is 0. The molecule has 0 aliphatic heterocycles. The molecule has 2 aromatic carbocycles. The van der Waals surface area contributed by atoms with E-state index in [4.69, 9.17) is 15.2 Å². The molecule has 1 aliphatic rings. The van der Waals surface area contributed by atoms with Gasteiger partial charge in [-0.05, 0) is 59.2 Å². The number of esters is 1. The maximum absolute atomic E-state index is 11.9. The Morgan fingerprint density at radius 1 is 1.27 bits per heavy atom. The van der Waals surface area contributed by atoms with Crippen LogP contribution in [0.2, 0.25) is 0 Å². The number of ether oxygens (including phenoxy) is 2. The van der Waals surface area contributed by atoms with Crippen LogP contribution in [0.25, 0.3) is 6.08 Å². The SMILES string of the molecule is COc1cc(/C=C/C(=O)OCCc2cccc(N)c2)ccc1C1CC1C. The number of rotatable bonds is 7. The van der Waals surface area contributed by atoms with Crippen LogP contribution in [0.3, 0.4) is 0 Å². The quantitative estimate of drug-likeness (QED) is 0.461. The number of benzene rings is 2. The Labute approximate surface area is 154 Å². The lowest BCUT2D eigenvalue weighted by Crippen LogP contribution is -2.05. The summed E-state index contributed by atoms with van der Waals surface area (Å²) < 4.78 is 10.8. The van der Waals surface area contributed by atoms with Crippen LogP contribution >= 0.6 is 0 Å². The third-order valence-electron chi connectivity index (χ3n) is 4.76. The Morgan fingerprint density at radius 3 is 2.77 bits per heavy atom. The van der Waals surface area contributed by atoms with Crippen molar-refractivity contribution in [1.82, 2.24) is 0 Å². The van der Waals surface area contributed by atoms with E-state index < -0.39 is 0 Å². The molecule has 0 heterocycles. The molecule has 26 heavy (non-hydrogen) atoms. The molecule has 0 amide bonds. The first-order chi connectivity index (χ1) is 12.6. The third-order valence-corrected chi connectivity index (χ3v) is 4.76. The molecule has 1 saturated carbocycles. The third kappa shape index (κ3) is 4.66. The van der Waals surface area contributed by atoms with Crippen molar-refractivity contribution in [3.8, 4) is 5.75 Å². The number of anilines is 1. The molecule has 136 valence electrons. The van der Waals surface area contributed by atoms with Crippen molar-refractivity contribution in [1.29, 1.82) is 0 Å². The van der Waals surface area contributed by atoms with E-state index in [0.717, 1.165) is 22.8 Å². The first-order valence-electron chi connectivity index (χ1n) is 8.94. The number of hydrogen-bond donors (Lipinski definition) is 1. The van der Waals surface area contributed by atoms with E-state index in [9.17, 15) is 4.79 Å². The van der Waals surface area contributed by atoms with Crippen LogP contribution in [0.15, 0.2) is 48.5 Å². The normalized spacial score (nSPS) is 18.7. The van der Waals surface area contributed by atoms with Gasteiger partial charge >= 0.3 is 5.97 Å². The first kappa shape index (κ1) is 18.1. The first-order valence-corrected chi connectivity index (χ1v) is 8.94. The fraction of sp³-hybridized carbons (Fsp3) is 0.318. The minimum Gasteiger partial charge on any atom is -0.496 e. The highest BCUT2D eigenvalue weighted by molar-refractivity contribution is 5.87. The molecule has 0 radical (unpaired) electrons. The smallest absolute Gasteiger partial charge is 0.330 e. The van der Waals surface area contributed by atoms with E-state index in [0.29, 0.717) is 24.6 Å². The van der Waals surface area contributed by atoms with Gasteiger partial charge in [-0.25, -0.2) is 4.79 Å². The number of hydrogen-bond acceptors (Lipinski definition) is 4. The molecule has 0 bridgehead atoms. The number of nitrogens with two attached hydrogens (primary N) is 1. The summed E-state index contributed by atoms with van der Waals surface area (Å²) in [5.41, 5.74) is 9.68. The molecule has 4 nitrogen and oxygen atoms in total. The van der Waals surface area contributed by atoms with Crippen LogP contribution in [-0.4, -0.2) is 19.7 Å². The lowest BCUT2D eigenvalue weighted by molar-refractivity contribution is -0.137. The second-order valence-electron chi connectivity index (χ2n) is 6.82. The molecule has 4 heteroatoms. The van der Waals surface area contributed by atoms with Crippen LogP contribution in [0.4, 0.5) is 5.69 Å². The van der Waals surface area contributed by atoms with Gasteiger partial charge in [0.15, 0.2) is 0 Å². The molecular formula is C22H25NO3. The van der Waals surface area contributed by atoms with Crippen LogP contribution in [0, 0.1) is 5.92 Å². The molecule has 1 fully saturated rings. The highest BCUT2D eigenvalue weighted by atomic mass is 16.5. The molecule has 1 aliphatic carbocycles. The molecule has 0 saturated heterocycles. The Morgan fingerprint density at radius 2 is 2.08 bits per heavy atom. The van der Waals surface area contributed by atoms with E-state index in [2.05, 4.69) is 13.0 Å². The van der Waals surface area contributed by atoms with Crippen molar-refractivity contribution in [3.05, 3.63) is 65.2 Å². The van der Waals surface area contributed by atoms with Gasteiger partial charge in [-0.2, -0.15) is 0 Å². The monoisotopic (exact) mass is 351 g/mol. The lowest BCUT2D eigenvalue weighted by atomic mass is 10.0. The largest absolute Gasteiger partial charge is 0.496 e. The van der Waals surface area contributed by atoms with Crippen LogP contribution in [-0.2, 0) is 16.0 Å². The molecule has 2 unspecified atom stereocenters. The van der Waals surface area contributed by atoms with Gasteiger partial charge in [-0.3, -0.25) is 0 Å². The van der Waals surface area contributed by atoms with E-state index in [1.54, 1.807) is 13.2 Å². The van der Waals surface area contributed by atoms with Gasteiger partial charge in [0.05, 0.1) is 13.7 Å². The molecule has 2 N–H and O–H groups in total. The van der Waals surface area contributed by atoms with Crippen molar-refractivity contribution in [2.45, 2.75) is 25.7 Å². The van der Waals surface area contributed by atoms with Gasteiger partial charge in [-0.15, -0.1) is 0 Å². The van der Waals surface area contributed by atoms with Gasteiger partial charge in [0.25, 0.3) is 0 Å². The van der Waals surface area contributed by atoms with E-state index >= 15 is 0 Å². The maximum atomic E-state index is 11.9. The van der Waals surface area contributed by atoms with Gasteiger partial charge in [0, 0.05) is 18.2 Å². The number of nitrogen functional groups attached to an aromatic ring is 1. The van der Waals surface area contributed by atoms with E-state index in [1.807, 2.05) is 36.4 Å². The Kier molecular flexibility index (Phi) is 5.61. The number of carbonyl (C=O) groups is 1. The van der Waals surface area contributed by atoms with Crippen molar-refractivity contribution >= 4 is 17.7 Å². The Balaban J connectivity index is 1.53. The van der Waals surface area contributed by atoms with Crippen LogP contribution < -0.4 is 10.5 Å². The van der Waals surface area contributed by atoms with Crippen molar-refractivity contribution in [2.75, 3.05) is 19.5 Å². The van der Waals surface area contributed by atoms with E-state index in [1.165, 1.54) is 18.1 Å². The average molecular weight is 351 g/mol. The minimum absolute atomic E-state index is 0.328. The zero-order valence-electron chi connectivity index (χ0n) is 15.3. The maximum Gasteiger partial charge on any atom is 0.330 e. The average Bonchev–Trinajstić information content (AvgIpc) is 3.36. The summed E-state index contributed by atoms with van der Waals surface area (Å²) in [6, 6.07) is 13.7.